The Labute approximate surface area is 250 Å². The molecule has 2 aromatic rings. The molecule has 0 N–H and O–H groups in total. The van der Waals surface area contributed by atoms with Crippen LogP contribution in [0.4, 0.5) is 0 Å². The fourth-order valence-electron chi connectivity index (χ4n) is 3.98. The molecule has 8 nitrogen and oxygen atoms in total. The Kier molecular flexibility index (Phi) is 14.8. The van der Waals surface area contributed by atoms with Gasteiger partial charge in [-0.1, -0.05) is 25.3 Å². The van der Waals surface area contributed by atoms with Crippen molar-refractivity contribution in [2.75, 3.05) is 39.6 Å². The zero-order valence-corrected chi connectivity index (χ0v) is 26.0. The van der Waals surface area contributed by atoms with E-state index in [4.69, 9.17) is 28.4 Å². The van der Waals surface area contributed by atoms with Crippen LogP contribution in [0, 0.1) is 27.7 Å². The molecular formula is C34H46O8. The van der Waals surface area contributed by atoms with Crippen LogP contribution in [0.2, 0.25) is 0 Å². The number of carbonyl (C=O) groups excluding carboxylic acids is 2. The van der Waals surface area contributed by atoms with Crippen molar-refractivity contribution >= 4 is 11.9 Å². The second-order valence-electron chi connectivity index (χ2n) is 10.7. The summed E-state index contributed by atoms with van der Waals surface area (Å²) in [7, 11) is 0. The van der Waals surface area contributed by atoms with Crippen molar-refractivity contribution in [1.29, 1.82) is 0 Å². The Morgan fingerprint density at radius 3 is 1.24 bits per heavy atom. The first-order valence-electron chi connectivity index (χ1n) is 14.2. The Hall–Kier alpha value is -3.62. The number of aryl methyl sites for hydroxylation is 4. The molecule has 2 unspecified atom stereocenters. The highest BCUT2D eigenvalue weighted by atomic mass is 16.6. The largest absolute Gasteiger partial charge is 0.490 e. The molecule has 0 bridgehead atoms. The Morgan fingerprint density at radius 1 is 0.595 bits per heavy atom. The average Bonchev–Trinajstić information content (AvgIpc) is 2.90. The zero-order valence-electron chi connectivity index (χ0n) is 26.0. The summed E-state index contributed by atoms with van der Waals surface area (Å²) >= 11 is 0. The third kappa shape index (κ3) is 13.8. The molecule has 42 heavy (non-hydrogen) atoms. The number of hydrogen-bond acceptors (Lipinski definition) is 8. The van der Waals surface area contributed by atoms with E-state index in [0.29, 0.717) is 35.9 Å². The minimum absolute atomic E-state index is 0.166. The van der Waals surface area contributed by atoms with Crippen LogP contribution < -0.4 is 9.47 Å². The molecule has 0 fully saturated rings. The minimum atomic E-state index is -0.577. The van der Waals surface area contributed by atoms with Crippen LogP contribution in [0.1, 0.15) is 48.9 Å². The van der Waals surface area contributed by atoms with Gasteiger partial charge in [-0.2, -0.15) is 0 Å². The topological polar surface area (TPSA) is 89.5 Å². The van der Waals surface area contributed by atoms with E-state index in [2.05, 4.69) is 25.3 Å². The van der Waals surface area contributed by atoms with Crippen molar-refractivity contribution in [2.45, 2.75) is 66.6 Å². The van der Waals surface area contributed by atoms with E-state index in [9.17, 15) is 9.59 Å². The molecule has 0 saturated carbocycles. The summed E-state index contributed by atoms with van der Waals surface area (Å²) in [5.41, 5.74) is 4.99. The normalized spacial score (nSPS) is 12.2. The average molecular weight is 583 g/mol. The summed E-state index contributed by atoms with van der Waals surface area (Å²) in [5.74, 6) is 0.467. The van der Waals surface area contributed by atoms with Gasteiger partial charge in [0.25, 0.3) is 0 Å². The molecule has 230 valence electrons. The standard InChI is InChI=1S/C34H46O8/c1-23(2)33(35)41-31(21-39-29-15-25(5)13-26(6)16-29)19-37-11-9-10-12-38-20-32(42-34(36)24(3)4)22-40-30-17-27(7)14-28(8)18-30/h13-18,31-32H,1,3,9-12,19-22H2,2,4-8H3. The highest BCUT2D eigenvalue weighted by Crippen LogP contribution is 2.18. The summed E-state index contributed by atoms with van der Waals surface area (Å²) in [6.45, 7) is 20.1. The van der Waals surface area contributed by atoms with Gasteiger partial charge in [0.05, 0.1) is 13.2 Å². The smallest absolute Gasteiger partial charge is 0.333 e. The lowest BCUT2D eigenvalue weighted by molar-refractivity contribution is -0.150. The van der Waals surface area contributed by atoms with Gasteiger partial charge < -0.3 is 28.4 Å². The predicted octanol–water partition coefficient (Wildman–Crippen LogP) is 6.17. The number of unbranched alkanes of at least 4 members (excludes halogenated alkanes) is 1. The number of rotatable bonds is 19. The lowest BCUT2D eigenvalue weighted by atomic mass is 10.1. The molecule has 0 aliphatic heterocycles. The third-order valence-electron chi connectivity index (χ3n) is 5.94. The molecular weight excluding hydrogens is 536 g/mol. The molecule has 2 atom stereocenters. The molecule has 2 rings (SSSR count). The molecule has 2 aromatic carbocycles. The van der Waals surface area contributed by atoms with E-state index in [0.717, 1.165) is 35.1 Å². The third-order valence-corrected chi connectivity index (χ3v) is 5.94. The van der Waals surface area contributed by atoms with E-state index < -0.39 is 24.1 Å². The number of esters is 2. The molecule has 0 heterocycles. The maximum Gasteiger partial charge on any atom is 0.333 e. The van der Waals surface area contributed by atoms with Crippen LogP contribution in [0.15, 0.2) is 60.7 Å². The molecule has 0 spiro atoms. The highest BCUT2D eigenvalue weighted by molar-refractivity contribution is 5.87. The van der Waals surface area contributed by atoms with Gasteiger partial charge in [0, 0.05) is 24.4 Å². The molecule has 0 aliphatic rings. The monoisotopic (exact) mass is 582 g/mol. The van der Waals surface area contributed by atoms with Crippen LogP contribution in [-0.2, 0) is 28.5 Å². The lowest BCUT2D eigenvalue weighted by Gasteiger charge is -2.20. The number of carbonyl (C=O) groups is 2. The van der Waals surface area contributed by atoms with Gasteiger partial charge in [0.2, 0.25) is 0 Å². The summed E-state index contributed by atoms with van der Waals surface area (Å²) in [5, 5.41) is 0. The summed E-state index contributed by atoms with van der Waals surface area (Å²) in [6, 6.07) is 11.9. The van der Waals surface area contributed by atoms with Crippen molar-refractivity contribution in [3.05, 3.63) is 83.0 Å². The van der Waals surface area contributed by atoms with E-state index in [1.807, 2.05) is 52.0 Å². The summed E-state index contributed by atoms with van der Waals surface area (Å²) in [4.78, 5) is 24.2. The zero-order chi connectivity index (χ0) is 31.1. The number of benzene rings is 2. The van der Waals surface area contributed by atoms with Crippen molar-refractivity contribution in [2.24, 2.45) is 0 Å². The van der Waals surface area contributed by atoms with Crippen LogP contribution in [0.3, 0.4) is 0 Å². The second-order valence-corrected chi connectivity index (χ2v) is 10.7. The highest BCUT2D eigenvalue weighted by Gasteiger charge is 2.18. The summed E-state index contributed by atoms with van der Waals surface area (Å²) in [6.07, 6.45) is 0.308. The van der Waals surface area contributed by atoms with Gasteiger partial charge >= 0.3 is 11.9 Å². The molecule has 0 amide bonds. The van der Waals surface area contributed by atoms with Gasteiger partial charge in [-0.05, 0) is 101 Å². The maximum atomic E-state index is 12.1. The van der Waals surface area contributed by atoms with Gasteiger partial charge in [0.1, 0.15) is 24.7 Å². The van der Waals surface area contributed by atoms with Crippen molar-refractivity contribution in [1.82, 2.24) is 0 Å². The Balaban J connectivity index is 1.75. The fraction of sp³-hybridized carbons (Fsp3) is 0.471. The van der Waals surface area contributed by atoms with Crippen LogP contribution in [0.5, 0.6) is 11.5 Å². The molecule has 0 saturated heterocycles. The predicted molar refractivity (Wildman–Crippen MR) is 163 cm³/mol. The van der Waals surface area contributed by atoms with E-state index in [1.165, 1.54) is 0 Å². The molecule has 0 radical (unpaired) electrons. The van der Waals surface area contributed by atoms with Crippen molar-refractivity contribution in [3.63, 3.8) is 0 Å². The van der Waals surface area contributed by atoms with Gasteiger partial charge in [-0.25, -0.2) is 9.59 Å². The Morgan fingerprint density at radius 2 is 0.929 bits per heavy atom. The van der Waals surface area contributed by atoms with Gasteiger partial charge in [0.15, 0.2) is 12.2 Å². The first-order chi connectivity index (χ1) is 19.9. The maximum absolute atomic E-state index is 12.1. The first-order valence-corrected chi connectivity index (χ1v) is 14.2. The van der Waals surface area contributed by atoms with E-state index >= 15 is 0 Å². The summed E-state index contributed by atoms with van der Waals surface area (Å²) < 4.78 is 34.4. The van der Waals surface area contributed by atoms with Crippen LogP contribution in [0.25, 0.3) is 0 Å². The van der Waals surface area contributed by atoms with Crippen LogP contribution >= 0.6 is 0 Å². The van der Waals surface area contributed by atoms with Crippen molar-refractivity contribution < 1.29 is 38.0 Å². The number of ether oxygens (including phenoxy) is 6. The minimum Gasteiger partial charge on any atom is -0.490 e. The van der Waals surface area contributed by atoms with E-state index in [1.54, 1.807) is 13.8 Å². The quantitative estimate of drug-likeness (QED) is 0.110. The van der Waals surface area contributed by atoms with Gasteiger partial charge in [-0.15, -0.1) is 0 Å². The molecule has 0 aromatic heterocycles. The van der Waals surface area contributed by atoms with E-state index in [-0.39, 0.29) is 26.4 Å². The first kappa shape index (κ1) is 34.6. The van der Waals surface area contributed by atoms with Crippen LogP contribution in [-0.4, -0.2) is 63.8 Å². The Bertz CT molecular complexity index is 1070. The second kappa shape index (κ2) is 18.0. The SMILES string of the molecule is C=C(C)C(=O)OC(COCCCCOCC(COc1cc(C)cc(C)c1)OC(=O)C(=C)C)COc1cc(C)cc(C)c1. The van der Waals surface area contributed by atoms with Crippen molar-refractivity contribution in [3.8, 4) is 11.5 Å². The molecule has 8 heteroatoms. The number of hydrogen-bond donors (Lipinski definition) is 0. The lowest BCUT2D eigenvalue weighted by Crippen LogP contribution is -2.30. The fourth-order valence-corrected chi connectivity index (χ4v) is 3.98. The van der Waals surface area contributed by atoms with Gasteiger partial charge in [-0.3, -0.25) is 0 Å². The molecule has 0 aliphatic carbocycles.